The van der Waals surface area contributed by atoms with E-state index in [4.69, 9.17) is 5.11 Å². The Hall–Kier alpha value is -2.08. The van der Waals surface area contributed by atoms with Gasteiger partial charge in [0.15, 0.2) is 5.16 Å². The van der Waals surface area contributed by atoms with Crippen LogP contribution >= 0.6 is 11.8 Å². The maximum Gasteiger partial charge on any atom is 0.335 e. The Morgan fingerprint density at radius 2 is 1.92 bits per heavy atom. The Kier molecular flexibility index (Phi) is 6.82. The van der Waals surface area contributed by atoms with Gasteiger partial charge in [0.05, 0.1) is 5.56 Å². The molecule has 0 amide bonds. The molecule has 0 fully saturated rings. The van der Waals surface area contributed by atoms with Gasteiger partial charge in [0.1, 0.15) is 5.82 Å². The Morgan fingerprint density at radius 3 is 2.48 bits per heavy atom. The molecular formula is C19H25N3O2S. The van der Waals surface area contributed by atoms with Crippen molar-refractivity contribution in [2.24, 2.45) is 0 Å². The van der Waals surface area contributed by atoms with Crippen molar-refractivity contribution in [2.75, 3.05) is 18.5 Å². The van der Waals surface area contributed by atoms with E-state index in [1.807, 2.05) is 12.1 Å². The first-order chi connectivity index (χ1) is 11.9. The molecule has 0 saturated carbocycles. The van der Waals surface area contributed by atoms with Crippen molar-refractivity contribution in [1.29, 1.82) is 0 Å². The molecule has 6 heteroatoms. The van der Waals surface area contributed by atoms with Crippen molar-refractivity contribution in [3.63, 3.8) is 0 Å². The fourth-order valence-electron chi connectivity index (χ4n) is 2.33. The van der Waals surface area contributed by atoms with Crippen LogP contribution in [0.25, 0.3) is 0 Å². The standard InChI is InChI=1S/C19H25N3O2S/c1-5-10-22(4)17-11-16(13(2)3)20-19(21-17)25-12-14-6-8-15(9-7-14)18(23)24/h6-9,11,13H,5,10,12H2,1-4H3,(H,23,24). The molecule has 0 unspecified atom stereocenters. The van der Waals surface area contributed by atoms with Crippen LogP contribution in [0.1, 0.15) is 54.7 Å². The largest absolute Gasteiger partial charge is 0.478 e. The lowest BCUT2D eigenvalue weighted by Crippen LogP contribution is -2.20. The summed E-state index contributed by atoms with van der Waals surface area (Å²) in [5.74, 6) is 1.09. The van der Waals surface area contributed by atoms with Crippen LogP contribution in [-0.2, 0) is 5.75 Å². The minimum Gasteiger partial charge on any atom is -0.478 e. The number of aromatic nitrogens is 2. The third-order valence-electron chi connectivity index (χ3n) is 3.82. The van der Waals surface area contributed by atoms with E-state index < -0.39 is 5.97 Å². The van der Waals surface area contributed by atoms with E-state index in [2.05, 4.69) is 48.8 Å². The average molecular weight is 359 g/mol. The van der Waals surface area contributed by atoms with Gasteiger partial charge in [0.2, 0.25) is 0 Å². The molecule has 134 valence electrons. The van der Waals surface area contributed by atoms with E-state index in [1.54, 1.807) is 23.9 Å². The molecule has 1 N–H and O–H groups in total. The highest BCUT2D eigenvalue weighted by Gasteiger charge is 2.11. The highest BCUT2D eigenvalue weighted by Crippen LogP contribution is 2.25. The number of carbonyl (C=O) groups is 1. The average Bonchev–Trinajstić information content (AvgIpc) is 2.60. The number of aromatic carboxylic acids is 1. The van der Waals surface area contributed by atoms with E-state index in [-0.39, 0.29) is 0 Å². The zero-order chi connectivity index (χ0) is 18.4. The number of nitrogens with zero attached hydrogens (tertiary/aromatic N) is 3. The predicted molar refractivity (Wildman–Crippen MR) is 103 cm³/mol. The minimum absolute atomic E-state index is 0.301. The lowest BCUT2D eigenvalue weighted by atomic mass is 10.1. The SMILES string of the molecule is CCCN(C)c1cc(C(C)C)nc(SCc2ccc(C(=O)O)cc2)n1. The van der Waals surface area contributed by atoms with Crippen molar-refractivity contribution in [3.05, 3.63) is 47.2 Å². The minimum atomic E-state index is -0.907. The molecule has 0 aliphatic heterocycles. The van der Waals surface area contributed by atoms with E-state index in [1.165, 1.54) is 0 Å². The van der Waals surface area contributed by atoms with Crippen LogP contribution < -0.4 is 4.90 Å². The molecule has 0 spiro atoms. The molecular weight excluding hydrogens is 334 g/mol. The summed E-state index contributed by atoms with van der Waals surface area (Å²) in [6.45, 7) is 7.36. The van der Waals surface area contributed by atoms with Crippen LogP contribution in [0.4, 0.5) is 5.82 Å². The second-order valence-corrected chi connectivity index (χ2v) is 7.24. The van der Waals surface area contributed by atoms with Crippen molar-refractivity contribution in [1.82, 2.24) is 9.97 Å². The van der Waals surface area contributed by atoms with Gasteiger partial charge < -0.3 is 10.0 Å². The first-order valence-corrected chi connectivity index (χ1v) is 9.44. The second-order valence-electron chi connectivity index (χ2n) is 6.30. The monoisotopic (exact) mass is 359 g/mol. The summed E-state index contributed by atoms with van der Waals surface area (Å²) in [4.78, 5) is 22.4. The lowest BCUT2D eigenvalue weighted by Gasteiger charge is -2.19. The summed E-state index contributed by atoms with van der Waals surface area (Å²) in [7, 11) is 2.05. The predicted octanol–water partition coefficient (Wildman–Crippen LogP) is 4.44. The number of thioether (sulfide) groups is 1. The van der Waals surface area contributed by atoms with Crippen LogP contribution in [0.5, 0.6) is 0 Å². The molecule has 0 atom stereocenters. The third-order valence-corrected chi connectivity index (χ3v) is 4.74. The number of carboxylic acid groups (broad SMARTS) is 1. The van der Waals surface area contributed by atoms with Gasteiger partial charge in [-0.3, -0.25) is 0 Å². The summed E-state index contributed by atoms with van der Waals surface area (Å²) in [5, 5.41) is 9.72. The first-order valence-electron chi connectivity index (χ1n) is 8.45. The topological polar surface area (TPSA) is 66.3 Å². The van der Waals surface area contributed by atoms with Gasteiger partial charge in [-0.25, -0.2) is 14.8 Å². The van der Waals surface area contributed by atoms with Gasteiger partial charge >= 0.3 is 5.97 Å². The molecule has 0 radical (unpaired) electrons. The molecule has 0 aliphatic rings. The van der Waals surface area contributed by atoms with E-state index in [0.717, 1.165) is 35.2 Å². The highest BCUT2D eigenvalue weighted by atomic mass is 32.2. The lowest BCUT2D eigenvalue weighted by molar-refractivity contribution is 0.0697. The summed E-state index contributed by atoms with van der Waals surface area (Å²) < 4.78 is 0. The molecule has 0 bridgehead atoms. The van der Waals surface area contributed by atoms with Crippen molar-refractivity contribution in [3.8, 4) is 0 Å². The van der Waals surface area contributed by atoms with Crippen LogP contribution in [0, 0.1) is 0 Å². The molecule has 25 heavy (non-hydrogen) atoms. The van der Waals surface area contributed by atoms with E-state index in [9.17, 15) is 4.79 Å². The Balaban J connectivity index is 2.15. The zero-order valence-corrected chi connectivity index (χ0v) is 16.0. The number of rotatable bonds is 8. The molecule has 0 aliphatic carbocycles. The second kappa shape index (κ2) is 8.85. The van der Waals surface area contributed by atoms with E-state index in [0.29, 0.717) is 17.2 Å². The summed E-state index contributed by atoms with van der Waals surface area (Å²) in [5.41, 5.74) is 2.39. The van der Waals surface area contributed by atoms with Gasteiger partial charge in [0, 0.05) is 31.1 Å². The van der Waals surface area contributed by atoms with Crippen LogP contribution in [-0.4, -0.2) is 34.6 Å². The fourth-order valence-corrected chi connectivity index (χ4v) is 3.14. The smallest absolute Gasteiger partial charge is 0.335 e. The van der Waals surface area contributed by atoms with Gasteiger partial charge in [-0.05, 0) is 30.0 Å². The van der Waals surface area contributed by atoms with Crippen LogP contribution in [0.2, 0.25) is 0 Å². The maximum absolute atomic E-state index is 10.9. The summed E-state index contributed by atoms with van der Waals surface area (Å²) >= 11 is 1.57. The number of benzene rings is 1. The molecule has 2 rings (SSSR count). The first kappa shape index (κ1) is 19.2. The maximum atomic E-state index is 10.9. The number of hydrogen-bond acceptors (Lipinski definition) is 5. The molecule has 1 aromatic carbocycles. The number of anilines is 1. The van der Waals surface area contributed by atoms with Crippen molar-refractivity contribution < 1.29 is 9.90 Å². The van der Waals surface area contributed by atoms with Crippen LogP contribution in [0.15, 0.2) is 35.5 Å². The summed E-state index contributed by atoms with van der Waals surface area (Å²) in [6, 6.07) is 9.00. The van der Waals surface area contributed by atoms with Crippen molar-refractivity contribution in [2.45, 2.75) is 44.0 Å². The van der Waals surface area contributed by atoms with Gasteiger partial charge in [-0.15, -0.1) is 0 Å². The quantitative estimate of drug-likeness (QED) is 0.555. The Morgan fingerprint density at radius 1 is 1.24 bits per heavy atom. The van der Waals surface area contributed by atoms with Crippen LogP contribution in [0.3, 0.4) is 0 Å². The Labute approximate surface area is 153 Å². The Bertz CT molecular complexity index is 717. The highest BCUT2D eigenvalue weighted by molar-refractivity contribution is 7.98. The van der Waals surface area contributed by atoms with Gasteiger partial charge in [0.25, 0.3) is 0 Å². The number of carboxylic acids is 1. The fraction of sp³-hybridized carbons (Fsp3) is 0.421. The number of hydrogen-bond donors (Lipinski definition) is 1. The molecule has 1 aromatic heterocycles. The third kappa shape index (κ3) is 5.46. The van der Waals surface area contributed by atoms with Gasteiger partial charge in [-0.1, -0.05) is 44.7 Å². The zero-order valence-electron chi connectivity index (χ0n) is 15.2. The van der Waals surface area contributed by atoms with Crippen molar-refractivity contribution >= 4 is 23.5 Å². The normalized spacial score (nSPS) is 10.9. The molecule has 5 nitrogen and oxygen atoms in total. The molecule has 2 aromatic rings. The molecule has 0 saturated heterocycles. The molecule has 1 heterocycles. The summed E-state index contributed by atoms with van der Waals surface area (Å²) in [6.07, 6.45) is 1.07. The van der Waals surface area contributed by atoms with Gasteiger partial charge in [-0.2, -0.15) is 0 Å². The van der Waals surface area contributed by atoms with E-state index >= 15 is 0 Å².